The van der Waals surface area contributed by atoms with E-state index in [0.29, 0.717) is 23.7 Å². The van der Waals surface area contributed by atoms with Crippen LogP contribution in [0.3, 0.4) is 0 Å². The van der Waals surface area contributed by atoms with Crippen molar-refractivity contribution in [3.8, 4) is 0 Å². The van der Waals surface area contributed by atoms with Gasteiger partial charge in [0.1, 0.15) is 0 Å². The van der Waals surface area contributed by atoms with Gasteiger partial charge in [-0.2, -0.15) is 10.1 Å². The summed E-state index contributed by atoms with van der Waals surface area (Å²) < 4.78 is 4.44. The minimum absolute atomic E-state index is 0.169. The summed E-state index contributed by atoms with van der Waals surface area (Å²) in [5, 5.41) is 4.39. The average molecular weight is 508 g/mol. The monoisotopic (exact) mass is 507 g/mol. The highest BCUT2D eigenvalue weighted by atomic mass is 16.2. The Morgan fingerprint density at radius 1 is 0.842 bits per heavy atom. The SMILES string of the molecule is CN(C)c1ccc(/C=N\Nc2nc3c(c(=O)n(Cc4ccccc4)c(=O)n3C)n2Cc2ccccc2)cc1. The summed E-state index contributed by atoms with van der Waals surface area (Å²) in [5.74, 6) is 0.370. The van der Waals surface area contributed by atoms with E-state index in [1.54, 1.807) is 17.8 Å². The maximum Gasteiger partial charge on any atom is 0.332 e. The smallest absolute Gasteiger partial charge is 0.332 e. The highest BCUT2D eigenvalue weighted by molar-refractivity contribution is 5.81. The molecule has 0 aliphatic heterocycles. The second kappa shape index (κ2) is 10.6. The number of nitrogens with one attached hydrogen (secondary N) is 1. The van der Waals surface area contributed by atoms with Gasteiger partial charge in [-0.3, -0.25) is 18.5 Å². The Hall–Kier alpha value is -4.92. The van der Waals surface area contributed by atoms with Crippen molar-refractivity contribution in [2.24, 2.45) is 12.1 Å². The van der Waals surface area contributed by atoms with E-state index < -0.39 is 11.2 Å². The molecule has 38 heavy (non-hydrogen) atoms. The number of aryl methyl sites for hydroxylation is 1. The minimum atomic E-state index is -0.424. The fourth-order valence-corrected chi connectivity index (χ4v) is 4.31. The molecule has 3 aromatic carbocycles. The standard InChI is InChI=1S/C29H29N7O2/c1-33(2)24-16-14-21(15-17-24)18-30-32-28-31-26-25(35(28)19-22-10-6-4-7-11-22)27(37)36(29(38)34(26)3)20-23-12-8-5-9-13-23/h4-18H,19-20H2,1-3H3,(H,31,32)/b30-18-. The molecule has 1 N–H and O–H groups in total. The molecule has 0 amide bonds. The van der Waals surface area contributed by atoms with Crippen LogP contribution in [0.5, 0.6) is 0 Å². The minimum Gasteiger partial charge on any atom is -0.378 e. The first-order valence-electron chi connectivity index (χ1n) is 12.3. The van der Waals surface area contributed by atoms with Crippen LogP contribution in [-0.4, -0.2) is 39.0 Å². The van der Waals surface area contributed by atoms with Crippen molar-refractivity contribution >= 4 is 29.0 Å². The number of anilines is 2. The molecular weight excluding hydrogens is 478 g/mol. The molecule has 2 heterocycles. The molecule has 0 fully saturated rings. The van der Waals surface area contributed by atoms with Gasteiger partial charge in [0.15, 0.2) is 11.2 Å². The lowest BCUT2D eigenvalue weighted by Gasteiger charge is -2.12. The number of hydrogen-bond donors (Lipinski definition) is 1. The maximum absolute atomic E-state index is 13.7. The Kier molecular flexibility index (Phi) is 6.90. The molecular formula is C29H29N7O2. The molecule has 9 heteroatoms. The van der Waals surface area contributed by atoms with Crippen LogP contribution in [0.1, 0.15) is 16.7 Å². The molecule has 5 aromatic rings. The highest BCUT2D eigenvalue weighted by Crippen LogP contribution is 2.18. The number of imidazole rings is 1. The summed E-state index contributed by atoms with van der Waals surface area (Å²) >= 11 is 0. The predicted octanol–water partition coefficient (Wildman–Crippen LogP) is 3.51. The van der Waals surface area contributed by atoms with Crippen molar-refractivity contribution in [2.75, 3.05) is 24.4 Å². The van der Waals surface area contributed by atoms with Crippen LogP contribution in [0.25, 0.3) is 11.2 Å². The summed E-state index contributed by atoms with van der Waals surface area (Å²) in [7, 11) is 5.61. The van der Waals surface area contributed by atoms with E-state index in [2.05, 4.69) is 15.5 Å². The van der Waals surface area contributed by atoms with Gasteiger partial charge in [0, 0.05) is 26.8 Å². The number of hydrogen-bond acceptors (Lipinski definition) is 6. The van der Waals surface area contributed by atoms with Gasteiger partial charge >= 0.3 is 5.69 Å². The zero-order chi connectivity index (χ0) is 26.6. The second-order valence-electron chi connectivity index (χ2n) is 9.25. The van der Waals surface area contributed by atoms with Crippen molar-refractivity contribution in [1.29, 1.82) is 0 Å². The fourth-order valence-electron chi connectivity index (χ4n) is 4.31. The van der Waals surface area contributed by atoms with E-state index in [-0.39, 0.29) is 6.54 Å². The first kappa shape index (κ1) is 24.8. The predicted molar refractivity (Wildman–Crippen MR) is 152 cm³/mol. The molecule has 0 radical (unpaired) electrons. The second-order valence-corrected chi connectivity index (χ2v) is 9.25. The van der Waals surface area contributed by atoms with Crippen LogP contribution in [0.4, 0.5) is 11.6 Å². The first-order valence-corrected chi connectivity index (χ1v) is 12.3. The first-order chi connectivity index (χ1) is 18.4. The quantitative estimate of drug-likeness (QED) is 0.257. The van der Waals surface area contributed by atoms with E-state index in [0.717, 1.165) is 22.4 Å². The third kappa shape index (κ3) is 4.99. The van der Waals surface area contributed by atoms with Gasteiger partial charge in [0.05, 0.1) is 19.3 Å². The summed E-state index contributed by atoms with van der Waals surface area (Å²) in [6.07, 6.45) is 1.69. The number of rotatable bonds is 8. The normalized spacial score (nSPS) is 11.3. The third-order valence-electron chi connectivity index (χ3n) is 6.39. The van der Waals surface area contributed by atoms with Gasteiger partial charge in [-0.05, 0) is 28.8 Å². The van der Waals surface area contributed by atoms with Crippen LogP contribution < -0.4 is 21.6 Å². The van der Waals surface area contributed by atoms with Crippen molar-refractivity contribution in [3.05, 3.63) is 122 Å². The third-order valence-corrected chi connectivity index (χ3v) is 6.39. The van der Waals surface area contributed by atoms with Gasteiger partial charge in [-0.15, -0.1) is 0 Å². The van der Waals surface area contributed by atoms with E-state index in [4.69, 9.17) is 0 Å². The molecule has 0 unspecified atom stereocenters. The fraction of sp³-hybridized carbons (Fsp3) is 0.172. The number of fused-ring (bicyclic) bond motifs is 1. The van der Waals surface area contributed by atoms with Crippen LogP contribution in [0, 0.1) is 0 Å². The van der Waals surface area contributed by atoms with E-state index in [1.165, 1.54) is 9.13 Å². The van der Waals surface area contributed by atoms with Crippen LogP contribution in [-0.2, 0) is 20.1 Å². The largest absolute Gasteiger partial charge is 0.378 e. The van der Waals surface area contributed by atoms with Crippen molar-refractivity contribution in [1.82, 2.24) is 18.7 Å². The van der Waals surface area contributed by atoms with Gasteiger partial charge < -0.3 is 4.90 Å². The molecule has 5 rings (SSSR count). The van der Waals surface area contributed by atoms with E-state index in [9.17, 15) is 9.59 Å². The lowest BCUT2D eigenvalue weighted by molar-refractivity contribution is 0.653. The van der Waals surface area contributed by atoms with Gasteiger partial charge in [0.2, 0.25) is 5.95 Å². The highest BCUT2D eigenvalue weighted by Gasteiger charge is 2.20. The van der Waals surface area contributed by atoms with Gasteiger partial charge in [-0.1, -0.05) is 72.8 Å². The molecule has 0 spiro atoms. The van der Waals surface area contributed by atoms with Crippen LogP contribution in [0.15, 0.2) is 99.6 Å². The van der Waals surface area contributed by atoms with Gasteiger partial charge in [0.25, 0.3) is 5.56 Å². The van der Waals surface area contributed by atoms with Crippen molar-refractivity contribution < 1.29 is 0 Å². The molecule has 192 valence electrons. The zero-order valence-electron chi connectivity index (χ0n) is 21.6. The average Bonchev–Trinajstić information content (AvgIpc) is 3.29. The van der Waals surface area contributed by atoms with Crippen molar-refractivity contribution in [3.63, 3.8) is 0 Å². The summed E-state index contributed by atoms with van der Waals surface area (Å²) in [6, 6.07) is 27.2. The Bertz CT molecular complexity index is 1700. The summed E-state index contributed by atoms with van der Waals surface area (Å²) in [4.78, 5) is 33.6. The maximum atomic E-state index is 13.7. The number of aromatic nitrogens is 4. The number of nitrogens with zero attached hydrogens (tertiary/aromatic N) is 6. The molecule has 0 saturated carbocycles. The molecule has 0 atom stereocenters. The Morgan fingerprint density at radius 3 is 2.00 bits per heavy atom. The van der Waals surface area contributed by atoms with E-state index in [1.807, 2.05) is 104 Å². The van der Waals surface area contributed by atoms with Crippen molar-refractivity contribution in [2.45, 2.75) is 13.1 Å². The topological polar surface area (TPSA) is 89.5 Å². The van der Waals surface area contributed by atoms with E-state index >= 15 is 0 Å². The lowest BCUT2D eigenvalue weighted by Crippen LogP contribution is -2.40. The molecule has 0 aliphatic rings. The van der Waals surface area contributed by atoms with Crippen LogP contribution in [0.2, 0.25) is 0 Å². The molecule has 0 bridgehead atoms. The number of hydrazone groups is 1. The zero-order valence-corrected chi connectivity index (χ0v) is 21.6. The molecule has 0 aliphatic carbocycles. The van der Waals surface area contributed by atoms with Crippen LogP contribution >= 0.6 is 0 Å². The molecule has 2 aromatic heterocycles. The molecule has 9 nitrogen and oxygen atoms in total. The summed E-state index contributed by atoms with van der Waals surface area (Å²) in [6.45, 7) is 0.550. The summed E-state index contributed by atoms with van der Waals surface area (Å²) in [5.41, 5.74) is 6.66. The lowest BCUT2D eigenvalue weighted by atomic mass is 10.2. The Balaban J connectivity index is 1.58. The Labute approximate surface area is 219 Å². The molecule has 0 saturated heterocycles. The van der Waals surface area contributed by atoms with Gasteiger partial charge in [-0.25, -0.2) is 10.2 Å². The Morgan fingerprint density at radius 2 is 1.42 bits per heavy atom. The number of benzene rings is 3.